The normalized spacial score (nSPS) is 15.8. The van der Waals surface area contributed by atoms with Crippen molar-refractivity contribution in [3.8, 4) is 5.88 Å². The summed E-state index contributed by atoms with van der Waals surface area (Å²) in [4.78, 5) is 21.3. The Balaban J connectivity index is 1.46. The Labute approximate surface area is 245 Å². The lowest BCUT2D eigenvalue weighted by atomic mass is 10.1. The van der Waals surface area contributed by atoms with Gasteiger partial charge in [-0.25, -0.2) is 4.98 Å². The number of methoxy groups -OCH3 is 1. The molecule has 1 aromatic carbocycles. The van der Waals surface area contributed by atoms with Crippen LogP contribution < -0.4 is 30.9 Å². The molecule has 210 valence electrons. The smallest absolute Gasteiger partial charge is 0.239 e. The Kier molecular flexibility index (Phi) is 8.98. The standard InChI is InChI=1S/C29H36BrN8OP/c1-6-19-14-23(28(39-3)37-27(19)38-13-9-12-31-18(2)17-38)35-29-33-15-21(30)26(36-29)34-24-16-32-22-11-8-7-10-20(22)25(24)40(4)5/h7-8,10-11,14-16,18,31H,6,9,12-13,17H2,1-5H3,(H2,33,34,35,36). The van der Waals surface area contributed by atoms with Gasteiger partial charge in [0.15, 0.2) is 0 Å². The third-order valence-electron chi connectivity index (χ3n) is 6.95. The van der Waals surface area contributed by atoms with Crippen molar-refractivity contribution < 1.29 is 4.74 Å². The van der Waals surface area contributed by atoms with Crippen LogP contribution in [0.1, 0.15) is 25.8 Å². The molecule has 0 spiro atoms. The number of ether oxygens (including phenoxy) is 1. The fraction of sp³-hybridized carbons (Fsp3) is 0.379. The van der Waals surface area contributed by atoms with Gasteiger partial charge in [-0.2, -0.15) is 9.97 Å². The van der Waals surface area contributed by atoms with Crippen molar-refractivity contribution in [2.75, 3.05) is 55.6 Å². The lowest BCUT2D eigenvalue weighted by molar-refractivity contribution is 0.399. The Hall–Kier alpha value is -3.07. The average molecular weight is 624 g/mol. The predicted molar refractivity (Wildman–Crippen MR) is 171 cm³/mol. The van der Waals surface area contributed by atoms with Crippen LogP contribution in [0.5, 0.6) is 5.88 Å². The van der Waals surface area contributed by atoms with E-state index in [0.29, 0.717) is 23.7 Å². The molecule has 4 heterocycles. The lowest BCUT2D eigenvalue weighted by Crippen LogP contribution is -2.36. The number of rotatable bonds is 8. The van der Waals surface area contributed by atoms with E-state index in [2.05, 4.69) is 92.1 Å². The van der Waals surface area contributed by atoms with Gasteiger partial charge in [-0.1, -0.05) is 33.0 Å². The highest BCUT2D eigenvalue weighted by molar-refractivity contribution is 9.10. The summed E-state index contributed by atoms with van der Waals surface area (Å²) in [6.07, 6.45) is 5.56. The molecular weight excluding hydrogens is 587 g/mol. The number of hydrogen-bond acceptors (Lipinski definition) is 9. The number of fused-ring (bicyclic) bond motifs is 1. The SMILES string of the molecule is CCc1cc(Nc2ncc(Br)c(Nc3cnc4ccccc4c3P(C)C)n2)c(OC)nc1N1CCCNC(C)C1. The first-order valence-electron chi connectivity index (χ1n) is 13.6. The lowest BCUT2D eigenvalue weighted by Gasteiger charge is -2.27. The maximum atomic E-state index is 5.74. The van der Waals surface area contributed by atoms with E-state index in [1.807, 2.05) is 18.3 Å². The van der Waals surface area contributed by atoms with Crippen molar-refractivity contribution in [2.24, 2.45) is 0 Å². The zero-order chi connectivity index (χ0) is 28.2. The quantitative estimate of drug-likeness (QED) is 0.211. The first-order chi connectivity index (χ1) is 19.4. The zero-order valence-corrected chi connectivity index (χ0v) is 26.1. The monoisotopic (exact) mass is 622 g/mol. The molecule has 0 bridgehead atoms. The van der Waals surface area contributed by atoms with Gasteiger partial charge in [0.2, 0.25) is 11.8 Å². The van der Waals surface area contributed by atoms with E-state index in [9.17, 15) is 0 Å². The Morgan fingerprint density at radius 1 is 1.12 bits per heavy atom. The molecule has 40 heavy (non-hydrogen) atoms. The van der Waals surface area contributed by atoms with Gasteiger partial charge in [-0.05, 0) is 73.3 Å². The average Bonchev–Trinajstić information content (AvgIpc) is 3.18. The second-order valence-corrected chi connectivity index (χ2v) is 13.2. The number of pyridine rings is 2. The van der Waals surface area contributed by atoms with Crippen molar-refractivity contribution in [3.63, 3.8) is 0 Å². The van der Waals surface area contributed by atoms with Gasteiger partial charge < -0.3 is 25.6 Å². The van der Waals surface area contributed by atoms with Crippen molar-refractivity contribution in [1.29, 1.82) is 0 Å². The molecule has 1 fully saturated rings. The molecule has 4 aromatic rings. The summed E-state index contributed by atoms with van der Waals surface area (Å²) < 4.78 is 6.49. The summed E-state index contributed by atoms with van der Waals surface area (Å²) >= 11 is 3.62. The largest absolute Gasteiger partial charge is 0.479 e. The Bertz CT molecular complexity index is 1500. The van der Waals surface area contributed by atoms with E-state index in [0.717, 1.165) is 70.6 Å². The van der Waals surface area contributed by atoms with Gasteiger partial charge in [-0.15, -0.1) is 0 Å². The van der Waals surface area contributed by atoms with E-state index in [4.69, 9.17) is 14.7 Å². The van der Waals surface area contributed by atoms with Crippen LogP contribution in [-0.4, -0.2) is 66.1 Å². The summed E-state index contributed by atoms with van der Waals surface area (Å²) in [7, 11) is 1.24. The van der Waals surface area contributed by atoms with E-state index < -0.39 is 7.92 Å². The number of aromatic nitrogens is 4. The van der Waals surface area contributed by atoms with E-state index >= 15 is 0 Å². The van der Waals surface area contributed by atoms with Crippen LogP contribution in [0.15, 0.2) is 47.2 Å². The molecule has 5 rings (SSSR count). The zero-order valence-electron chi connectivity index (χ0n) is 23.6. The molecule has 1 aliphatic rings. The third kappa shape index (κ3) is 6.14. The molecule has 9 nitrogen and oxygen atoms in total. The third-order valence-corrected chi connectivity index (χ3v) is 8.90. The topological polar surface area (TPSA) is 100 Å². The maximum Gasteiger partial charge on any atom is 0.239 e. The number of hydrogen-bond donors (Lipinski definition) is 3. The minimum atomic E-state index is -0.405. The minimum absolute atomic E-state index is 0.398. The summed E-state index contributed by atoms with van der Waals surface area (Å²) in [5, 5.41) is 12.8. The first-order valence-corrected chi connectivity index (χ1v) is 16.6. The van der Waals surface area contributed by atoms with Gasteiger partial charge in [0, 0.05) is 36.0 Å². The van der Waals surface area contributed by atoms with Crippen LogP contribution in [0.25, 0.3) is 10.9 Å². The van der Waals surface area contributed by atoms with Crippen molar-refractivity contribution >= 4 is 69.0 Å². The molecule has 0 aliphatic carbocycles. The summed E-state index contributed by atoms with van der Waals surface area (Å²) in [5.41, 5.74) is 3.82. The molecule has 1 unspecified atom stereocenters. The number of nitrogens with one attached hydrogen (secondary N) is 3. The molecule has 1 saturated heterocycles. The van der Waals surface area contributed by atoms with Crippen LogP contribution in [0.2, 0.25) is 0 Å². The molecule has 0 saturated carbocycles. The highest BCUT2D eigenvalue weighted by atomic mass is 79.9. The number of benzene rings is 1. The maximum absolute atomic E-state index is 5.74. The fourth-order valence-electron chi connectivity index (χ4n) is 5.07. The van der Waals surface area contributed by atoms with Crippen molar-refractivity contribution in [1.82, 2.24) is 25.3 Å². The number of halogens is 1. The highest BCUT2D eigenvalue weighted by Gasteiger charge is 2.21. The van der Waals surface area contributed by atoms with E-state index in [-0.39, 0.29) is 0 Å². The second kappa shape index (κ2) is 12.6. The number of aryl methyl sites for hydroxylation is 1. The molecule has 0 amide bonds. The summed E-state index contributed by atoms with van der Waals surface area (Å²) in [6.45, 7) is 11.8. The molecule has 1 atom stereocenters. The first kappa shape index (κ1) is 28.5. The molecule has 3 N–H and O–H groups in total. The van der Waals surface area contributed by atoms with Gasteiger partial charge >= 0.3 is 0 Å². The fourth-order valence-corrected chi connectivity index (χ4v) is 6.62. The van der Waals surface area contributed by atoms with Crippen molar-refractivity contribution in [3.05, 3.63) is 52.8 Å². The number of para-hydroxylation sites is 1. The van der Waals surface area contributed by atoms with Gasteiger partial charge in [-0.3, -0.25) is 4.98 Å². The predicted octanol–water partition coefficient (Wildman–Crippen LogP) is 5.80. The van der Waals surface area contributed by atoms with Gasteiger partial charge in [0.05, 0.1) is 29.0 Å². The number of nitrogens with zero attached hydrogens (tertiary/aromatic N) is 5. The van der Waals surface area contributed by atoms with Crippen LogP contribution >= 0.6 is 23.9 Å². The van der Waals surface area contributed by atoms with Gasteiger partial charge in [0.1, 0.15) is 17.3 Å². The van der Waals surface area contributed by atoms with Crippen LogP contribution in [0, 0.1) is 0 Å². The molecule has 1 aliphatic heterocycles. The van der Waals surface area contributed by atoms with E-state index in [1.165, 1.54) is 5.30 Å². The summed E-state index contributed by atoms with van der Waals surface area (Å²) in [6, 6.07) is 10.8. The molecule has 11 heteroatoms. The Morgan fingerprint density at radius 2 is 1.95 bits per heavy atom. The molecular formula is C29H36BrN8OP. The molecule has 0 radical (unpaired) electrons. The van der Waals surface area contributed by atoms with Crippen LogP contribution in [0.4, 0.5) is 29.0 Å². The van der Waals surface area contributed by atoms with Crippen LogP contribution in [0.3, 0.4) is 0 Å². The molecule has 3 aromatic heterocycles. The highest BCUT2D eigenvalue weighted by Crippen LogP contribution is 2.36. The Morgan fingerprint density at radius 3 is 2.73 bits per heavy atom. The van der Waals surface area contributed by atoms with E-state index in [1.54, 1.807) is 13.3 Å². The van der Waals surface area contributed by atoms with Gasteiger partial charge in [0.25, 0.3) is 0 Å². The minimum Gasteiger partial charge on any atom is -0.479 e. The van der Waals surface area contributed by atoms with Crippen LogP contribution in [-0.2, 0) is 6.42 Å². The summed E-state index contributed by atoms with van der Waals surface area (Å²) in [5.74, 6) is 2.59. The van der Waals surface area contributed by atoms with Crippen molar-refractivity contribution in [2.45, 2.75) is 32.7 Å². The number of anilines is 5. The second-order valence-electron chi connectivity index (χ2n) is 10.1.